The van der Waals surface area contributed by atoms with Crippen molar-refractivity contribution in [3.63, 3.8) is 0 Å². The molecular formula is C11H6FNO4S. The van der Waals surface area contributed by atoms with Gasteiger partial charge in [0.2, 0.25) is 0 Å². The van der Waals surface area contributed by atoms with E-state index in [4.69, 9.17) is 5.11 Å². The van der Waals surface area contributed by atoms with Crippen molar-refractivity contribution in [3.8, 4) is 0 Å². The predicted molar refractivity (Wildman–Crippen MR) is 62.2 cm³/mol. The molecule has 0 spiro atoms. The number of carbonyl (C=O) groups excluding carboxylic acids is 2. The molecule has 1 aliphatic heterocycles. The second-order valence-electron chi connectivity index (χ2n) is 3.35. The Balaban J connectivity index is 2.30. The molecule has 0 saturated carbocycles. The molecule has 1 aromatic carbocycles. The van der Waals surface area contributed by atoms with Crippen LogP contribution in [0.15, 0.2) is 29.2 Å². The highest BCUT2D eigenvalue weighted by atomic mass is 32.2. The van der Waals surface area contributed by atoms with Gasteiger partial charge in [0, 0.05) is 0 Å². The maximum atomic E-state index is 12.7. The van der Waals surface area contributed by atoms with Crippen LogP contribution in [-0.4, -0.2) is 27.2 Å². The first-order valence-electron chi connectivity index (χ1n) is 4.75. The Kier molecular flexibility index (Phi) is 3.15. The number of halogens is 1. The zero-order valence-corrected chi connectivity index (χ0v) is 9.61. The van der Waals surface area contributed by atoms with Crippen LogP contribution in [0.1, 0.15) is 5.56 Å². The first-order chi connectivity index (χ1) is 8.49. The summed E-state index contributed by atoms with van der Waals surface area (Å²) in [7, 11) is 0. The van der Waals surface area contributed by atoms with Gasteiger partial charge >= 0.3 is 11.3 Å². The van der Waals surface area contributed by atoms with E-state index in [9.17, 15) is 18.8 Å². The van der Waals surface area contributed by atoms with E-state index in [1.54, 1.807) is 0 Å². The number of rotatable bonds is 1. The van der Waals surface area contributed by atoms with E-state index in [2.05, 4.69) is 0 Å². The summed E-state index contributed by atoms with van der Waals surface area (Å²) < 4.78 is 12.7. The molecular weight excluding hydrogens is 261 g/mol. The summed E-state index contributed by atoms with van der Waals surface area (Å²) in [6.45, 7) is 0. The van der Waals surface area contributed by atoms with Gasteiger partial charge < -0.3 is 5.11 Å². The van der Waals surface area contributed by atoms with E-state index in [-0.39, 0.29) is 9.81 Å². The highest BCUT2D eigenvalue weighted by Gasteiger charge is 2.39. The summed E-state index contributed by atoms with van der Waals surface area (Å²) in [5.41, 5.74) is 0.507. The molecule has 2 rings (SSSR count). The maximum Gasteiger partial charge on any atom is 0.422 e. The highest BCUT2D eigenvalue weighted by Crippen LogP contribution is 2.32. The molecule has 7 heteroatoms. The summed E-state index contributed by atoms with van der Waals surface area (Å²) in [4.78, 5) is 33.6. The third-order valence-electron chi connectivity index (χ3n) is 2.15. The highest BCUT2D eigenvalue weighted by molar-refractivity contribution is 8.18. The first kappa shape index (κ1) is 12.3. The fourth-order valence-corrected chi connectivity index (χ4v) is 2.16. The summed E-state index contributed by atoms with van der Waals surface area (Å²) >= 11 is 0.533. The number of hydrogen-bond acceptors (Lipinski definition) is 4. The third-order valence-corrected chi connectivity index (χ3v) is 3.02. The van der Waals surface area contributed by atoms with Crippen molar-refractivity contribution >= 4 is 35.1 Å². The minimum Gasteiger partial charge on any atom is -0.464 e. The molecule has 1 fully saturated rings. The second kappa shape index (κ2) is 4.61. The molecule has 0 atom stereocenters. The lowest BCUT2D eigenvalue weighted by Crippen LogP contribution is -2.33. The lowest BCUT2D eigenvalue weighted by Gasteiger charge is -2.03. The molecule has 3 amide bonds. The van der Waals surface area contributed by atoms with Gasteiger partial charge in [-0.3, -0.25) is 9.59 Å². The number of nitrogens with zero attached hydrogens (tertiary/aromatic N) is 1. The summed E-state index contributed by atoms with van der Waals surface area (Å²) in [5.74, 6) is -1.31. The molecule has 0 radical (unpaired) electrons. The van der Waals surface area contributed by atoms with E-state index in [1.807, 2.05) is 0 Å². The van der Waals surface area contributed by atoms with Crippen molar-refractivity contribution in [2.24, 2.45) is 0 Å². The van der Waals surface area contributed by atoms with Crippen LogP contribution >= 0.6 is 11.8 Å². The molecule has 18 heavy (non-hydrogen) atoms. The largest absolute Gasteiger partial charge is 0.464 e. The monoisotopic (exact) mass is 267 g/mol. The molecule has 0 aliphatic carbocycles. The zero-order chi connectivity index (χ0) is 13.3. The van der Waals surface area contributed by atoms with Crippen molar-refractivity contribution in [2.45, 2.75) is 0 Å². The molecule has 1 N–H and O–H groups in total. The Morgan fingerprint density at radius 1 is 1.28 bits per heavy atom. The quantitative estimate of drug-likeness (QED) is 0.791. The van der Waals surface area contributed by atoms with Crippen molar-refractivity contribution in [1.82, 2.24) is 4.90 Å². The van der Waals surface area contributed by atoms with E-state index in [1.165, 1.54) is 30.3 Å². The van der Waals surface area contributed by atoms with E-state index in [0.717, 1.165) is 0 Å². The van der Waals surface area contributed by atoms with Crippen LogP contribution in [0.3, 0.4) is 0 Å². The molecule has 0 bridgehead atoms. The summed E-state index contributed by atoms with van der Waals surface area (Å²) in [6, 6.07) is 5.24. The van der Waals surface area contributed by atoms with Gasteiger partial charge in [-0.15, -0.1) is 0 Å². The van der Waals surface area contributed by atoms with Gasteiger partial charge in [-0.05, 0) is 35.5 Å². The van der Waals surface area contributed by atoms with Crippen molar-refractivity contribution in [2.75, 3.05) is 0 Å². The fraction of sp³-hybridized carbons (Fsp3) is 0. The van der Waals surface area contributed by atoms with Crippen LogP contribution in [0.2, 0.25) is 0 Å². The standard InChI is InChI=1S/C11H6FNO4S/c12-7-3-1-6(2-4-7)5-8-9(14)13(10(15)16)11(17)18-8/h1-5H,(H,15,16). The van der Waals surface area contributed by atoms with Crippen molar-refractivity contribution < 1.29 is 23.9 Å². The third kappa shape index (κ3) is 2.25. The molecule has 0 unspecified atom stereocenters. The summed E-state index contributed by atoms with van der Waals surface area (Å²) in [5, 5.41) is 7.81. The van der Waals surface area contributed by atoms with Crippen molar-refractivity contribution in [1.29, 1.82) is 0 Å². The SMILES string of the molecule is O=C(O)N1C(=O)SC(=Cc2ccc(F)cc2)C1=O. The molecule has 0 aromatic heterocycles. The zero-order valence-electron chi connectivity index (χ0n) is 8.79. The lowest BCUT2D eigenvalue weighted by atomic mass is 10.2. The number of thioether (sulfide) groups is 1. The van der Waals surface area contributed by atoms with Crippen LogP contribution in [0, 0.1) is 5.82 Å². The minimum atomic E-state index is -1.61. The van der Waals surface area contributed by atoms with Crippen LogP contribution in [0.4, 0.5) is 14.0 Å². The Bertz CT molecular complexity index is 567. The van der Waals surface area contributed by atoms with Crippen LogP contribution in [-0.2, 0) is 4.79 Å². The number of carbonyl (C=O) groups is 3. The number of carboxylic acid groups (broad SMARTS) is 1. The van der Waals surface area contributed by atoms with Gasteiger partial charge in [0.05, 0.1) is 4.91 Å². The molecule has 1 aromatic rings. The molecule has 1 aliphatic rings. The van der Waals surface area contributed by atoms with Crippen molar-refractivity contribution in [3.05, 3.63) is 40.6 Å². The average molecular weight is 267 g/mol. The van der Waals surface area contributed by atoms with E-state index < -0.39 is 23.1 Å². The van der Waals surface area contributed by atoms with Gasteiger partial charge in [0.25, 0.3) is 5.91 Å². The van der Waals surface area contributed by atoms with E-state index >= 15 is 0 Å². The van der Waals surface area contributed by atoms with Gasteiger partial charge in [-0.25, -0.2) is 9.18 Å². The number of benzene rings is 1. The van der Waals surface area contributed by atoms with Crippen LogP contribution in [0.25, 0.3) is 6.08 Å². The van der Waals surface area contributed by atoms with Gasteiger partial charge in [0.15, 0.2) is 0 Å². The number of amides is 3. The van der Waals surface area contributed by atoms with Crippen LogP contribution in [0.5, 0.6) is 0 Å². The predicted octanol–water partition coefficient (Wildman–Crippen LogP) is 2.54. The number of hydrogen-bond donors (Lipinski definition) is 1. The average Bonchev–Trinajstić information content (AvgIpc) is 2.57. The van der Waals surface area contributed by atoms with Gasteiger partial charge in [-0.2, -0.15) is 4.90 Å². The van der Waals surface area contributed by atoms with Gasteiger partial charge in [-0.1, -0.05) is 12.1 Å². The van der Waals surface area contributed by atoms with E-state index in [0.29, 0.717) is 17.3 Å². The minimum absolute atomic E-state index is 0.00555. The smallest absolute Gasteiger partial charge is 0.422 e. The second-order valence-corrected chi connectivity index (χ2v) is 4.34. The normalized spacial score (nSPS) is 17.6. The Hall–Kier alpha value is -2.15. The van der Waals surface area contributed by atoms with Crippen LogP contribution < -0.4 is 0 Å². The van der Waals surface area contributed by atoms with Gasteiger partial charge in [0.1, 0.15) is 5.82 Å². The topological polar surface area (TPSA) is 74.7 Å². The molecule has 5 nitrogen and oxygen atoms in total. The molecule has 1 heterocycles. The summed E-state index contributed by atoms with van der Waals surface area (Å²) in [6.07, 6.45) is -0.271. The first-order valence-corrected chi connectivity index (χ1v) is 5.57. The Labute approximate surface area is 105 Å². The Morgan fingerprint density at radius 3 is 2.39 bits per heavy atom. The fourth-order valence-electron chi connectivity index (χ4n) is 1.34. The molecule has 1 saturated heterocycles. The number of imide groups is 3. The molecule has 92 valence electrons. The Morgan fingerprint density at radius 2 is 1.89 bits per heavy atom. The lowest BCUT2D eigenvalue weighted by molar-refractivity contribution is -0.121. The maximum absolute atomic E-state index is 12.7.